The van der Waals surface area contributed by atoms with E-state index >= 15 is 0 Å². The Balaban J connectivity index is 2.21. The Morgan fingerprint density at radius 1 is 1.14 bits per heavy atom. The number of rotatable bonds is 5. The molecule has 21 heavy (non-hydrogen) atoms. The molecule has 2 N–H and O–H groups in total. The van der Waals surface area contributed by atoms with Crippen LogP contribution in [0.25, 0.3) is 0 Å². The molecule has 2 aromatic rings. The summed E-state index contributed by atoms with van der Waals surface area (Å²) in [6, 6.07) is 7.81. The third-order valence-corrected chi connectivity index (χ3v) is 3.70. The first-order valence-corrected chi connectivity index (χ1v) is 6.73. The van der Waals surface area contributed by atoms with Gasteiger partial charge in [0.15, 0.2) is 0 Å². The number of anilines is 1. The normalized spacial score (nSPS) is 10.0. The summed E-state index contributed by atoms with van der Waals surface area (Å²) in [6.07, 6.45) is 0. The molecule has 1 amide bonds. The largest absolute Gasteiger partial charge is 0.497 e. The average Bonchev–Trinajstić information content (AvgIpc) is 2.95. The number of methoxy groups -OCH3 is 2. The highest BCUT2D eigenvalue weighted by Gasteiger charge is 2.15. The van der Waals surface area contributed by atoms with Crippen molar-refractivity contribution < 1.29 is 24.2 Å². The maximum Gasteiger partial charge on any atom is 0.345 e. The molecule has 0 aliphatic carbocycles. The molecule has 7 heteroatoms. The third kappa shape index (κ3) is 3.32. The number of ether oxygens (including phenoxy) is 2. The van der Waals surface area contributed by atoms with Gasteiger partial charge < -0.3 is 19.9 Å². The highest BCUT2D eigenvalue weighted by Crippen LogP contribution is 2.27. The van der Waals surface area contributed by atoms with Gasteiger partial charge >= 0.3 is 5.97 Å². The zero-order chi connectivity index (χ0) is 15.4. The van der Waals surface area contributed by atoms with Crippen molar-refractivity contribution in [1.82, 2.24) is 0 Å². The van der Waals surface area contributed by atoms with Crippen LogP contribution in [0.2, 0.25) is 0 Å². The quantitative estimate of drug-likeness (QED) is 0.887. The highest BCUT2D eigenvalue weighted by molar-refractivity contribution is 7.18. The minimum Gasteiger partial charge on any atom is -0.497 e. The molecule has 0 bridgehead atoms. The minimum absolute atomic E-state index is 0.159. The average molecular weight is 307 g/mol. The summed E-state index contributed by atoms with van der Waals surface area (Å²) in [6.45, 7) is 0. The molecule has 110 valence electrons. The zero-order valence-electron chi connectivity index (χ0n) is 11.4. The highest BCUT2D eigenvalue weighted by atomic mass is 32.1. The molecule has 1 aromatic heterocycles. The van der Waals surface area contributed by atoms with E-state index in [1.807, 2.05) is 0 Å². The van der Waals surface area contributed by atoms with Gasteiger partial charge in [0.05, 0.1) is 24.8 Å². The minimum atomic E-state index is -1.03. The van der Waals surface area contributed by atoms with Crippen molar-refractivity contribution in [3.63, 3.8) is 0 Å². The van der Waals surface area contributed by atoms with Gasteiger partial charge in [0.2, 0.25) is 0 Å². The lowest BCUT2D eigenvalue weighted by atomic mass is 10.2. The molecule has 1 heterocycles. The van der Waals surface area contributed by atoms with Crippen molar-refractivity contribution in [2.45, 2.75) is 0 Å². The summed E-state index contributed by atoms with van der Waals surface area (Å²) in [7, 11) is 2.98. The van der Waals surface area contributed by atoms with Crippen LogP contribution >= 0.6 is 11.3 Å². The van der Waals surface area contributed by atoms with Gasteiger partial charge in [-0.25, -0.2) is 4.79 Å². The molecule has 0 saturated carbocycles. The standard InChI is InChI=1S/C14H13NO5S/c1-19-8-3-4-9(10(7-8)20-2)13(16)15-12-6-5-11(21-12)14(17)18/h3-7H,1-2H3,(H,15,16)(H,17,18). The van der Waals surface area contributed by atoms with E-state index < -0.39 is 5.97 Å². The van der Waals surface area contributed by atoms with Crippen molar-refractivity contribution in [2.75, 3.05) is 19.5 Å². The Morgan fingerprint density at radius 2 is 1.90 bits per heavy atom. The summed E-state index contributed by atoms with van der Waals surface area (Å²) in [5, 5.41) is 11.9. The Labute approximate surface area is 124 Å². The molecule has 0 aliphatic rings. The second kappa shape index (κ2) is 6.27. The van der Waals surface area contributed by atoms with Gasteiger partial charge in [-0.05, 0) is 24.3 Å². The van der Waals surface area contributed by atoms with Gasteiger partial charge in [-0.2, -0.15) is 0 Å². The van der Waals surface area contributed by atoms with Crippen LogP contribution < -0.4 is 14.8 Å². The summed E-state index contributed by atoms with van der Waals surface area (Å²) < 4.78 is 10.2. The number of aromatic carboxylic acids is 1. The predicted octanol–water partition coefficient (Wildman–Crippen LogP) is 2.72. The van der Waals surface area contributed by atoms with E-state index in [1.165, 1.54) is 20.3 Å². The maximum absolute atomic E-state index is 12.2. The molecule has 0 fully saturated rings. The van der Waals surface area contributed by atoms with Gasteiger partial charge in [-0.1, -0.05) is 0 Å². The molecular formula is C14H13NO5S. The van der Waals surface area contributed by atoms with Crippen LogP contribution in [0.3, 0.4) is 0 Å². The van der Waals surface area contributed by atoms with Crippen molar-refractivity contribution >= 4 is 28.2 Å². The molecule has 0 spiro atoms. The number of nitrogens with one attached hydrogen (secondary N) is 1. The van der Waals surface area contributed by atoms with E-state index in [2.05, 4.69) is 5.32 Å². The van der Waals surface area contributed by atoms with Gasteiger partial charge in [0.1, 0.15) is 16.4 Å². The number of thiophene rings is 1. The summed E-state index contributed by atoms with van der Waals surface area (Å²) in [5.74, 6) is -0.453. The summed E-state index contributed by atoms with van der Waals surface area (Å²) in [5.41, 5.74) is 0.337. The van der Waals surface area contributed by atoms with E-state index in [-0.39, 0.29) is 10.8 Å². The molecule has 1 aromatic carbocycles. The smallest absolute Gasteiger partial charge is 0.345 e. The van der Waals surface area contributed by atoms with Gasteiger partial charge in [-0.3, -0.25) is 4.79 Å². The van der Waals surface area contributed by atoms with Gasteiger partial charge in [0.25, 0.3) is 5.91 Å². The van der Waals surface area contributed by atoms with Crippen molar-refractivity contribution in [2.24, 2.45) is 0 Å². The molecular weight excluding hydrogens is 294 g/mol. The van der Waals surface area contributed by atoms with E-state index in [9.17, 15) is 9.59 Å². The maximum atomic E-state index is 12.2. The number of carbonyl (C=O) groups is 2. The van der Waals surface area contributed by atoms with Crippen molar-refractivity contribution in [1.29, 1.82) is 0 Å². The topological polar surface area (TPSA) is 84.9 Å². The number of hydrogen-bond donors (Lipinski definition) is 2. The molecule has 0 unspecified atom stereocenters. The monoisotopic (exact) mass is 307 g/mol. The zero-order valence-corrected chi connectivity index (χ0v) is 12.2. The number of amides is 1. The molecule has 2 rings (SSSR count). The molecule has 0 saturated heterocycles. The van der Waals surface area contributed by atoms with Crippen LogP contribution in [0.15, 0.2) is 30.3 Å². The lowest BCUT2D eigenvalue weighted by Gasteiger charge is -2.09. The second-order valence-corrected chi connectivity index (χ2v) is 5.07. The number of carboxylic acids is 1. The Hall–Kier alpha value is -2.54. The first kappa shape index (κ1) is 14.9. The van der Waals surface area contributed by atoms with Crippen LogP contribution in [0.5, 0.6) is 11.5 Å². The molecule has 0 aliphatic heterocycles. The Kier molecular flexibility index (Phi) is 4.44. The SMILES string of the molecule is COc1ccc(C(=O)Nc2ccc(C(=O)O)s2)c(OC)c1. The Morgan fingerprint density at radius 3 is 2.48 bits per heavy atom. The first-order chi connectivity index (χ1) is 10.0. The van der Waals surface area contributed by atoms with Crippen molar-refractivity contribution in [3.05, 3.63) is 40.8 Å². The second-order valence-electron chi connectivity index (χ2n) is 3.99. The van der Waals surface area contributed by atoms with Gasteiger partial charge in [0, 0.05) is 6.07 Å². The fraction of sp³-hybridized carbons (Fsp3) is 0.143. The molecule has 0 atom stereocenters. The van der Waals surface area contributed by atoms with E-state index in [4.69, 9.17) is 14.6 Å². The van der Waals surface area contributed by atoms with Crippen LogP contribution in [0.4, 0.5) is 5.00 Å². The number of benzene rings is 1. The van der Waals surface area contributed by atoms with E-state index in [0.29, 0.717) is 22.1 Å². The number of carbonyl (C=O) groups excluding carboxylic acids is 1. The van der Waals surface area contributed by atoms with Crippen LogP contribution in [-0.4, -0.2) is 31.2 Å². The van der Waals surface area contributed by atoms with Crippen LogP contribution in [0.1, 0.15) is 20.0 Å². The Bertz CT molecular complexity index is 680. The summed E-state index contributed by atoms with van der Waals surface area (Å²) >= 11 is 0.988. The number of hydrogen-bond acceptors (Lipinski definition) is 5. The van der Waals surface area contributed by atoms with Crippen LogP contribution in [0, 0.1) is 0 Å². The lowest BCUT2D eigenvalue weighted by molar-refractivity contribution is 0.0702. The number of carboxylic acid groups (broad SMARTS) is 1. The molecule has 0 radical (unpaired) electrons. The van der Waals surface area contributed by atoms with Crippen LogP contribution in [-0.2, 0) is 0 Å². The van der Waals surface area contributed by atoms with Crippen molar-refractivity contribution in [3.8, 4) is 11.5 Å². The lowest BCUT2D eigenvalue weighted by Crippen LogP contribution is -2.12. The van der Waals surface area contributed by atoms with E-state index in [1.54, 1.807) is 24.3 Å². The predicted molar refractivity (Wildman–Crippen MR) is 78.8 cm³/mol. The van der Waals surface area contributed by atoms with Gasteiger partial charge in [-0.15, -0.1) is 11.3 Å². The van der Waals surface area contributed by atoms with E-state index in [0.717, 1.165) is 11.3 Å². The summed E-state index contributed by atoms with van der Waals surface area (Å²) in [4.78, 5) is 23.2. The first-order valence-electron chi connectivity index (χ1n) is 5.91. The fourth-order valence-electron chi connectivity index (χ4n) is 1.69. The molecule has 6 nitrogen and oxygen atoms in total. The fourth-order valence-corrected chi connectivity index (χ4v) is 2.43. The third-order valence-electron chi connectivity index (χ3n) is 2.71.